The predicted octanol–water partition coefficient (Wildman–Crippen LogP) is 3.75. The van der Waals surface area contributed by atoms with Crippen molar-refractivity contribution in [3.63, 3.8) is 0 Å². The standard InChI is InChI=1S/C28H33N7O2S/c29-9-11-34-10-3-6-23(19-34)24-7-2-8-26(31-24)33-28-32-25(20-38-28)27(36)30-17-21-4-1-5-22(16-21)18-35-12-14-37-15-13-35/h1-2,4-5,7-8,16,20,23H,3,6,10-15,17-19H2,(H,30,36)(H,31,32,33)/t23-/m0/s1. The van der Waals surface area contributed by atoms with Gasteiger partial charge < -0.3 is 15.4 Å². The molecule has 5 rings (SSSR count). The summed E-state index contributed by atoms with van der Waals surface area (Å²) in [5, 5.41) is 17.7. The Morgan fingerprint density at radius 1 is 1.11 bits per heavy atom. The fourth-order valence-electron chi connectivity index (χ4n) is 4.96. The van der Waals surface area contributed by atoms with E-state index in [1.807, 2.05) is 30.3 Å². The van der Waals surface area contributed by atoms with E-state index in [9.17, 15) is 4.79 Å². The monoisotopic (exact) mass is 531 g/mol. The number of carbonyl (C=O) groups excluding carboxylic acids is 1. The molecule has 0 radical (unpaired) electrons. The highest BCUT2D eigenvalue weighted by Gasteiger charge is 2.22. The number of rotatable bonds is 9. The van der Waals surface area contributed by atoms with E-state index in [0.29, 0.717) is 35.7 Å². The lowest BCUT2D eigenvalue weighted by Gasteiger charge is -2.30. The van der Waals surface area contributed by atoms with Gasteiger partial charge in [0.1, 0.15) is 11.5 Å². The third-order valence-corrected chi connectivity index (χ3v) is 7.67. The molecule has 10 heteroatoms. The van der Waals surface area contributed by atoms with E-state index in [1.54, 1.807) is 5.38 Å². The first-order chi connectivity index (χ1) is 18.7. The molecular formula is C28H33N7O2S. The van der Waals surface area contributed by atoms with E-state index >= 15 is 0 Å². The molecule has 1 aromatic carbocycles. The molecule has 198 valence electrons. The minimum Gasteiger partial charge on any atom is -0.379 e. The van der Waals surface area contributed by atoms with E-state index in [0.717, 1.165) is 70.0 Å². The molecule has 2 aromatic heterocycles. The normalized spacial score (nSPS) is 18.6. The van der Waals surface area contributed by atoms with Gasteiger partial charge in [0.25, 0.3) is 5.91 Å². The summed E-state index contributed by atoms with van der Waals surface area (Å²) in [7, 11) is 0. The number of nitrogens with one attached hydrogen (secondary N) is 2. The van der Waals surface area contributed by atoms with Crippen molar-refractivity contribution < 1.29 is 9.53 Å². The first-order valence-corrected chi connectivity index (χ1v) is 14.0. The third-order valence-electron chi connectivity index (χ3n) is 6.91. The van der Waals surface area contributed by atoms with Crippen LogP contribution < -0.4 is 10.6 Å². The maximum Gasteiger partial charge on any atom is 0.271 e. The zero-order valence-electron chi connectivity index (χ0n) is 21.4. The summed E-state index contributed by atoms with van der Waals surface area (Å²) >= 11 is 1.38. The van der Waals surface area contributed by atoms with E-state index in [2.05, 4.69) is 43.6 Å². The molecule has 2 N–H and O–H groups in total. The van der Waals surface area contributed by atoms with Crippen molar-refractivity contribution in [2.75, 3.05) is 51.3 Å². The van der Waals surface area contributed by atoms with Crippen LogP contribution in [0, 0.1) is 11.3 Å². The Kier molecular flexibility index (Phi) is 8.94. The first-order valence-electron chi connectivity index (χ1n) is 13.1. The van der Waals surface area contributed by atoms with Crippen LogP contribution in [0.25, 0.3) is 0 Å². The SMILES string of the molecule is N#CCN1CCC[C@H](c2cccc(Nc3nc(C(=O)NCc4cccc(CN5CCOCC5)c4)cs3)n2)C1. The van der Waals surface area contributed by atoms with Crippen molar-refractivity contribution in [1.29, 1.82) is 5.26 Å². The lowest BCUT2D eigenvalue weighted by Crippen LogP contribution is -2.35. The van der Waals surface area contributed by atoms with E-state index in [-0.39, 0.29) is 5.91 Å². The Balaban J connectivity index is 1.14. The van der Waals surface area contributed by atoms with Crippen LogP contribution in [0.3, 0.4) is 0 Å². The number of morpholine rings is 1. The van der Waals surface area contributed by atoms with Crippen LogP contribution in [0.2, 0.25) is 0 Å². The number of aromatic nitrogens is 2. The van der Waals surface area contributed by atoms with Crippen LogP contribution in [0.15, 0.2) is 47.8 Å². The summed E-state index contributed by atoms with van der Waals surface area (Å²) in [6.07, 6.45) is 2.13. The molecule has 0 bridgehead atoms. The summed E-state index contributed by atoms with van der Waals surface area (Å²) < 4.78 is 5.43. The lowest BCUT2D eigenvalue weighted by molar-refractivity contribution is 0.0342. The molecule has 2 aliphatic heterocycles. The Hall–Kier alpha value is -3.36. The molecule has 2 saturated heterocycles. The van der Waals surface area contributed by atoms with Crippen molar-refractivity contribution in [3.8, 4) is 6.07 Å². The lowest BCUT2D eigenvalue weighted by atomic mass is 9.94. The van der Waals surface area contributed by atoms with Gasteiger partial charge in [-0.3, -0.25) is 14.6 Å². The first kappa shape index (κ1) is 26.3. The van der Waals surface area contributed by atoms with Gasteiger partial charge in [0, 0.05) is 49.7 Å². The molecule has 0 aliphatic carbocycles. The molecule has 0 saturated carbocycles. The minimum absolute atomic E-state index is 0.200. The van der Waals surface area contributed by atoms with Gasteiger partial charge in [0.15, 0.2) is 5.13 Å². The largest absolute Gasteiger partial charge is 0.379 e. The van der Waals surface area contributed by atoms with Crippen LogP contribution in [-0.2, 0) is 17.8 Å². The summed E-state index contributed by atoms with van der Waals surface area (Å²) in [5.74, 6) is 0.816. The topological polar surface area (TPSA) is 106 Å². The molecule has 38 heavy (non-hydrogen) atoms. The number of hydrogen-bond acceptors (Lipinski definition) is 9. The summed E-state index contributed by atoms with van der Waals surface area (Å²) in [5.41, 5.74) is 3.70. The van der Waals surface area contributed by atoms with Crippen LogP contribution in [0.5, 0.6) is 0 Å². The van der Waals surface area contributed by atoms with Gasteiger partial charge in [-0.25, -0.2) is 9.97 Å². The molecular weight excluding hydrogens is 498 g/mol. The van der Waals surface area contributed by atoms with Crippen molar-refractivity contribution in [2.24, 2.45) is 0 Å². The second-order valence-corrected chi connectivity index (χ2v) is 10.6. The molecule has 0 spiro atoms. The highest BCUT2D eigenvalue weighted by atomic mass is 32.1. The smallest absolute Gasteiger partial charge is 0.271 e. The maximum absolute atomic E-state index is 12.8. The van der Waals surface area contributed by atoms with Crippen LogP contribution >= 0.6 is 11.3 Å². The molecule has 9 nitrogen and oxygen atoms in total. The van der Waals surface area contributed by atoms with Gasteiger partial charge >= 0.3 is 0 Å². The number of piperidine rings is 1. The Labute approximate surface area is 227 Å². The zero-order valence-corrected chi connectivity index (χ0v) is 22.3. The number of amides is 1. The van der Waals surface area contributed by atoms with Crippen molar-refractivity contribution >= 4 is 28.2 Å². The summed E-state index contributed by atoms with van der Waals surface area (Å²) in [6, 6.07) is 16.5. The molecule has 1 amide bonds. The van der Waals surface area contributed by atoms with Gasteiger partial charge in [-0.2, -0.15) is 5.26 Å². The molecule has 4 heterocycles. The average Bonchev–Trinajstić information content (AvgIpc) is 3.42. The highest BCUT2D eigenvalue weighted by molar-refractivity contribution is 7.14. The fraction of sp³-hybridized carbons (Fsp3) is 0.429. The van der Waals surface area contributed by atoms with Crippen molar-refractivity contribution in [3.05, 3.63) is 70.4 Å². The molecule has 1 atom stereocenters. The van der Waals surface area contributed by atoms with Crippen molar-refractivity contribution in [1.82, 2.24) is 25.1 Å². The number of anilines is 2. The van der Waals surface area contributed by atoms with Gasteiger partial charge in [0.2, 0.25) is 0 Å². The second kappa shape index (κ2) is 12.9. The Bertz CT molecular complexity index is 1270. The van der Waals surface area contributed by atoms with Crippen LogP contribution in [-0.4, -0.2) is 71.6 Å². The van der Waals surface area contributed by atoms with Crippen molar-refractivity contribution in [2.45, 2.75) is 31.8 Å². The van der Waals surface area contributed by atoms with Gasteiger partial charge in [-0.1, -0.05) is 30.3 Å². The number of ether oxygens (including phenoxy) is 1. The van der Waals surface area contributed by atoms with Crippen LogP contribution in [0.4, 0.5) is 10.9 Å². The number of benzene rings is 1. The maximum atomic E-state index is 12.8. The van der Waals surface area contributed by atoms with Gasteiger partial charge in [-0.15, -0.1) is 11.3 Å². The average molecular weight is 532 g/mol. The number of pyridine rings is 1. The number of nitriles is 1. The quantitative estimate of drug-likeness (QED) is 0.402. The second-order valence-electron chi connectivity index (χ2n) is 9.73. The molecule has 2 aliphatic rings. The molecule has 0 unspecified atom stereocenters. The third kappa shape index (κ3) is 7.14. The van der Waals surface area contributed by atoms with Gasteiger partial charge in [-0.05, 0) is 42.6 Å². The molecule has 2 fully saturated rings. The summed E-state index contributed by atoms with van der Waals surface area (Å²) in [6.45, 7) is 7.07. The van der Waals surface area contributed by atoms with E-state index < -0.39 is 0 Å². The number of carbonyl (C=O) groups is 1. The summed E-state index contributed by atoms with van der Waals surface area (Å²) in [4.78, 5) is 26.6. The Morgan fingerprint density at radius 3 is 2.82 bits per heavy atom. The number of nitrogens with zero attached hydrogens (tertiary/aromatic N) is 5. The highest BCUT2D eigenvalue weighted by Crippen LogP contribution is 2.27. The minimum atomic E-state index is -0.200. The fourth-order valence-corrected chi connectivity index (χ4v) is 5.66. The van der Waals surface area contributed by atoms with Gasteiger partial charge in [0.05, 0.1) is 25.8 Å². The van der Waals surface area contributed by atoms with Crippen LogP contribution in [0.1, 0.15) is 46.1 Å². The molecule has 3 aromatic rings. The number of thiazole rings is 1. The zero-order chi connectivity index (χ0) is 26.2. The number of likely N-dealkylation sites (tertiary alicyclic amines) is 1. The Morgan fingerprint density at radius 2 is 1.95 bits per heavy atom. The van der Waals surface area contributed by atoms with E-state index in [4.69, 9.17) is 15.0 Å². The predicted molar refractivity (Wildman–Crippen MR) is 147 cm³/mol. The van der Waals surface area contributed by atoms with E-state index in [1.165, 1.54) is 16.9 Å². The number of hydrogen-bond donors (Lipinski definition) is 2.